The van der Waals surface area contributed by atoms with Crippen molar-refractivity contribution in [2.75, 3.05) is 39.6 Å². The molecule has 5 atom stereocenters. The topological polar surface area (TPSA) is 237 Å². The molecular formula is C80H152O17P2. The van der Waals surface area contributed by atoms with E-state index in [1.54, 1.807) is 0 Å². The normalized spacial score (nSPS) is 14.0. The number of hydrogen-bond acceptors (Lipinski definition) is 15. The molecule has 0 aliphatic rings. The Morgan fingerprint density at radius 3 is 0.828 bits per heavy atom. The smallest absolute Gasteiger partial charge is 0.462 e. The van der Waals surface area contributed by atoms with Crippen molar-refractivity contribution in [1.82, 2.24) is 0 Å². The van der Waals surface area contributed by atoms with Gasteiger partial charge in [-0.3, -0.25) is 37.3 Å². The predicted molar refractivity (Wildman–Crippen MR) is 404 cm³/mol. The number of carbonyl (C=O) groups is 4. The van der Waals surface area contributed by atoms with Crippen LogP contribution in [0.15, 0.2) is 24.3 Å². The molecule has 0 saturated heterocycles. The summed E-state index contributed by atoms with van der Waals surface area (Å²) in [6, 6.07) is 0. The number of ether oxygens (including phenoxy) is 4. The minimum absolute atomic E-state index is 0.102. The molecule has 0 saturated carbocycles. The van der Waals surface area contributed by atoms with Crippen LogP contribution < -0.4 is 0 Å². The van der Waals surface area contributed by atoms with Crippen LogP contribution in [0.2, 0.25) is 0 Å². The second-order valence-electron chi connectivity index (χ2n) is 28.6. The Balaban J connectivity index is 5.27. The summed E-state index contributed by atoms with van der Waals surface area (Å²) in [7, 11) is -9.93. The average Bonchev–Trinajstić information content (AvgIpc) is 1.22. The SMILES string of the molecule is CCCCCC/C=C\C=C/CCCCCCCC(=O)OC[C@H](COP(=O)(O)OC[C@@H](O)COP(=O)(O)OC[C@@H](COC(=O)CCCCCCCCCC(C)C)OC(=O)CCCCCCCCCCCCCCCCC)OC(=O)CCCCCCCCCCCCCCCCCCCCC. The molecule has 0 rings (SSSR count). The lowest BCUT2D eigenvalue weighted by molar-refractivity contribution is -0.161. The zero-order valence-electron chi connectivity index (χ0n) is 64.1. The number of rotatable bonds is 78. The van der Waals surface area contributed by atoms with Crippen LogP contribution in [-0.2, 0) is 65.4 Å². The van der Waals surface area contributed by atoms with Gasteiger partial charge in [-0.25, -0.2) is 9.13 Å². The fourth-order valence-corrected chi connectivity index (χ4v) is 13.4. The van der Waals surface area contributed by atoms with Crippen molar-refractivity contribution in [2.24, 2.45) is 5.92 Å². The molecule has 584 valence electrons. The molecule has 17 nitrogen and oxygen atoms in total. The summed E-state index contributed by atoms with van der Waals surface area (Å²) in [5.74, 6) is -1.44. The Morgan fingerprint density at radius 2 is 0.545 bits per heavy atom. The van der Waals surface area contributed by atoms with Gasteiger partial charge in [0.05, 0.1) is 26.4 Å². The van der Waals surface area contributed by atoms with Crippen LogP contribution in [0.25, 0.3) is 0 Å². The third-order valence-corrected chi connectivity index (χ3v) is 20.1. The van der Waals surface area contributed by atoms with Gasteiger partial charge in [0, 0.05) is 25.7 Å². The molecule has 0 aliphatic heterocycles. The number of aliphatic hydroxyl groups is 1. The average molecular weight is 1450 g/mol. The minimum Gasteiger partial charge on any atom is -0.462 e. The van der Waals surface area contributed by atoms with E-state index in [0.717, 1.165) is 116 Å². The fourth-order valence-electron chi connectivity index (χ4n) is 11.9. The van der Waals surface area contributed by atoms with Crippen LogP contribution in [0.1, 0.15) is 401 Å². The number of allylic oxidation sites excluding steroid dienone is 4. The molecule has 0 radical (unpaired) electrons. The molecule has 0 heterocycles. The third kappa shape index (κ3) is 73.6. The van der Waals surface area contributed by atoms with Crippen LogP contribution in [-0.4, -0.2) is 96.7 Å². The lowest BCUT2D eigenvalue weighted by Gasteiger charge is -2.21. The molecule has 99 heavy (non-hydrogen) atoms. The van der Waals surface area contributed by atoms with Gasteiger partial charge in [-0.1, -0.05) is 348 Å². The Hall–Kier alpha value is -2.46. The number of unbranched alkanes of at least 4 members (excludes halogenated alkanes) is 47. The van der Waals surface area contributed by atoms with Crippen molar-refractivity contribution in [3.63, 3.8) is 0 Å². The summed E-state index contributed by atoms with van der Waals surface area (Å²) in [5.41, 5.74) is 0. The standard InChI is InChI=1S/C80H152O17P2/c1-6-9-12-15-18-21-24-27-30-31-32-33-36-39-42-45-50-56-61-66-79(84)96-75(69-90-77(82)63-58-53-48-43-40-37-34-28-25-22-19-16-13-10-7-2)71-94-98(86,87)92-67-74(81)68-93-99(88,89)95-72-76(70-91-78(83)64-59-54-51-46-47-52-57-62-73(4)5)97-80(85)65-60-55-49-44-41-38-35-29-26-23-20-17-14-11-8-3/h22,25,28,34,73-76,81H,6-21,23-24,26-27,29-33,35-72H2,1-5H3,(H,86,87)(H,88,89)/b25-22-,34-28-/t74-,75-,76-/m1/s1. The van der Waals surface area contributed by atoms with E-state index < -0.39 is 97.5 Å². The Kier molecular flexibility index (Phi) is 70.7. The van der Waals surface area contributed by atoms with Gasteiger partial charge in [0.1, 0.15) is 19.3 Å². The number of esters is 4. The Bertz CT molecular complexity index is 1990. The first-order valence-corrected chi connectivity index (χ1v) is 43.9. The van der Waals surface area contributed by atoms with E-state index in [9.17, 15) is 43.2 Å². The molecule has 0 fully saturated rings. The molecule has 2 unspecified atom stereocenters. The Morgan fingerprint density at radius 1 is 0.313 bits per heavy atom. The monoisotopic (exact) mass is 1450 g/mol. The maximum Gasteiger partial charge on any atom is 0.472 e. The van der Waals surface area contributed by atoms with Crippen molar-refractivity contribution in [3.05, 3.63) is 24.3 Å². The van der Waals surface area contributed by atoms with Crippen LogP contribution >= 0.6 is 15.6 Å². The maximum absolute atomic E-state index is 13.1. The number of carbonyl (C=O) groups excluding carboxylic acids is 4. The molecule has 0 bridgehead atoms. The predicted octanol–water partition coefficient (Wildman–Crippen LogP) is 23.6. The van der Waals surface area contributed by atoms with Crippen molar-refractivity contribution in [3.8, 4) is 0 Å². The van der Waals surface area contributed by atoms with Gasteiger partial charge in [-0.05, 0) is 57.3 Å². The fraction of sp³-hybridized carbons (Fsp3) is 0.900. The molecule has 3 N–H and O–H groups in total. The third-order valence-electron chi connectivity index (χ3n) is 18.2. The van der Waals surface area contributed by atoms with Crippen molar-refractivity contribution in [1.29, 1.82) is 0 Å². The molecule has 0 aromatic carbocycles. The van der Waals surface area contributed by atoms with Gasteiger partial charge in [-0.15, -0.1) is 0 Å². The van der Waals surface area contributed by atoms with Crippen LogP contribution in [0, 0.1) is 5.92 Å². The van der Waals surface area contributed by atoms with Crippen molar-refractivity contribution >= 4 is 39.5 Å². The first-order valence-electron chi connectivity index (χ1n) is 41.0. The van der Waals surface area contributed by atoms with Crippen molar-refractivity contribution < 1.29 is 80.2 Å². The van der Waals surface area contributed by atoms with E-state index >= 15 is 0 Å². The minimum atomic E-state index is -4.97. The summed E-state index contributed by atoms with van der Waals surface area (Å²) >= 11 is 0. The van der Waals surface area contributed by atoms with Crippen molar-refractivity contribution in [2.45, 2.75) is 419 Å². The van der Waals surface area contributed by atoms with Gasteiger partial charge >= 0.3 is 39.5 Å². The van der Waals surface area contributed by atoms with E-state index in [0.29, 0.717) is 31.6 Å². The van der Waals surface area contributed by atoms with Gasteiger partial charge in [0.25, 0.3) is 0 Å². The van der Waals surface area contributed by atoms with Crippen LogP contribution in [0.3, 0.4) is 0 Å². The summed E-state index contributed by atoms with van der Waals surface area (Å²) < 4.78 is 68.6. The van der Waals surface area contributed by atoms with E-state index in [2.05, 4.69) is 58.9 Å². The van der Waals surface area contributed by atoms with Crippen LogP contribution in [0.4, 0.5) is 0 Å². The highest BCUT2D eigenvalue weighted by Crippen LogP contribution is 2.45. The van der Waals surface area contributed by atoms with Gasteiger partial charge in [0.15, 0.2) is 12.2 Å². The molecule has 0 spiro atoms. The highest BCUT2D eigenvalue weighted by Gasteiger charge is 2.30. The lowest BCUT2D eigenvalue weighted by Crippen LogP contribution is -2.30. The summed E-state index contributed by atoms with van der Waals surface area (Å²) in [6.45, 7) is 7.20. The first-order chi connectivity index (χ1) is 48.0. The highest BCUT2D eigenvalue weighted by molar-refractivity contribution is 7.47. The molecule has 0 amide bonds. The number of phosphoric acid groups is 2. The van der Waals surface area contributed by atoms with E-state index in [1.807, 2.05) is 0 Å². The zero-order chi connectivity index (χ0) is 72.7. The quantitative estimate of drug-likeness (QED) is 0.0169. The maximum atomic E-state index is 13.1. The first kappa shape index (κ1) is 96.5. The van der Waals surface area contributed by atoms with Crippen LogP contribution in [0.5, 0.6) is 0 Å². The number of hydrogen-bond donors (Lipinski definition) is 3. The van der Waals surface area contributed by atoms with Gasteiger partial charge < -0.3 is 33.8 Å². The highest BCUT2D eigenvalue weighted by atomic mass is 31.2. The van der Waals surface area contributed by atoms with Gasteiger partial charge in [0.2, 0.25) is 0 Å². The summed E-state index contributed by atoms with van der Waals surface area (Å²) in [4.78, 5) is 72.9. The van der Waals surface area contributed by atoms with E-state index in [1.165, 1.54) is 199 Å². The molecule has 19 heteroatoms. The number of phosphoric ester groups is 2. The summed E-state index contributed by atoms with van der Waals surface area (Å²) in [5, 5.41) is 10.6. The molecular weight excluding hydrogens is 1290 g/mol. The van der Waals surface area contributed by atoms with E-state index in [-0.39, 0.29) is 25.7 Å². The molecule has 0 aliphatic carbocycles. The molecule has 0 aromatic rings. The lowest BCUT2D eigenvalue weighted by atomic mass is 10.0. The zero-order valence-corrected chi connectivity index (χ0v) is 65.9. The second kappa shape index (κ2) is 72.5. The van der Waals surface area contributed by atoms with E-state index in [4.69, 9.17) is 37.0 Å². The second-order valence-corrected chi connectivity index (χ2v) is 31.5. The molecule has 0 aromatic heterocycles. The largest absolute Gasteiger partial charge is 0.472 e. The summed E-state index contributed by atoms with van der Waals surface area (Å²) in [6.07, 6.45) is 66.1. The van der Waals surface area contributed by atoms with Gasteiger partial charge in [-0.2, -0.15) is 0 Å². The number of aliphatic hydroxyl groups excluding tert-OH is 1. The Labute approximate surface area is 605 Å².